The predicted octanol–water partition coefficient (Wildman–Crippen LogP) is 0.844. The smallest absolute Gasteiger partial charge is 0.744 e. The van der Waals surface area contributed by atoms with Crippen LogP contribution in [0.25, 0.3) is 0 Å². The van der Waals surface area contributed by atoms with Gasteiger partial charge in [-0.1, -0.05) is 23.2 Å². The molecule has 0 saturated carbocycles. The standard InChI is InChI=1S/C15H18Cl2N6O3S.Na/c1-4-23(5-2)15-19-8(3)13(14(18)20-15)22-21-11-6-10(17)12(7-9(11)16)27(24,25)26;/h6-7H,4-5H2,1-3H3,(H2,18,19,20)(H,24,25,26);/q;+1/p-1. The van der Waals surface area contributed by atoms with Gasteiger partial charge < -0.3 is 15.2 Å². The van der Waals surface area contributed by atoms with Gasteiger partial charge in [0.25, 0.3) is 0 Å². The molecule has 0 atom stereocenters. The fourth-order valence-corrected chi connectivity index (χ4v) is 3.50. The molecule has 0 spiro atoms. The van der Waals surface area contributed by atoms with E-state index in [1.54, 1.807) is 6.92 Å². The van der Waals surface area contributed by atoms with Crippen molar-refractivity contribution in [3.8, 4) is 0 Å². The van der Waals surface area contributed by atoms with Crippen molar-refractivity contribution in [3.05, 3.63) is 27.9 Å². The first-order chi connectivity index (χ1) is 12.6. The van der Waals surface area contributed by atoms with Crippen molar-refractivity contribution < 1.29 is 42.5 Å². The molecule has 1 heterocycles. The van der Waals surface area contributed by atoms with E-state index >= 15 is 0 Å². The van der Waals surface area contributed by atoms with Crippen LogP contribution in [0.3, 0.4) is 0 Å². The van der Waals surface area contributed by atoms with Crippen LogP contribution in [-0.4, -0.2) is 36.0 Å². The molecule has 1 aromatic heterocycles. The topological polar surface area (TPSA) is 137 Å². The van der Waals surface area contributed by atoms with Crippen molar-refractivity contribution in [3.63, 3.8) is 0 Å². The van der Waals surface area contributed by atoms with Crippen molar-refractivity contribution in [2.75, 3.05) is 23.7 Å². The predicted molar refractivity (Wildman–Crippen MR) is 103 cm³/mol. The molecular weight excluding hydrogens is 438 g/mol. The van der Waals surface area contributed by atoms with Crippen LogP contribution < -0.4 is 40.2 Å². The molecule has 13 heteroatoms. The molecule has 0 saturated heterocycles. The third kappa shape index (κ3) is 5.76. The van der Waals surface area contributed by atoms with Crippen LogP contribution in [0.1, 0.15) is 19.5 Å². The van der Waals surface area contributed by atoms with E-state index in [9.17, 15) is 13.0 Å². The van der Waals surface area contributed by atoms with Crippen LogP contribution in [0.5, 0.6) is 0 Å². The van der Waals surface area contributed by atoms with Gasteiger partial charge in [0.2, 0.25) is 5.95 Å². The molecule has 0 aliphatic rings. The van der Waals surface area contributed by atoms with Gasteiger partial charge in [0.1, 0.15) is 21.5 Å². The zero-order valence-electron chi connectivity index (χ0n) is 15.8. The molecule has 0 aliphatic heterocycles. The number of azo groups is 1. The number of benzene rings is 1. The number of hydrogen-bond acceptors (Lipinski definition) is 9. The van der Waals surface area contributed by atoms with Gasteiger partial charge in [-0.2, -0.15) is 4.98 Å². The van der Waals surface area contributed by atoms with Crippen LogP contribution in [0.15, 0.2) is 27.3 Å². The average Bonchev–Trinajstić information content (AvgIpc) is 2.56. The summed E-state index contributed by atoms with van der Waals surface area (Å²) in [6, 6.07) is 2.06. The molecule has 9 nitrogen and oxygen atoms in total. The van der Waals surface area contributed by atoms with E-state index in [-0.39, 0.29) is 56.8 Å². The zero-order chi connectivity index (χ0) is 20.4. The van der Waals surface area contributed by atoms with E-state index in [1.807, 2.05) is 18.7 Å². The second-order valence-electron chi connectivity index (χ2n) is 5.40. The van der Waals surface area contributed by atoms with E-state index in [2.05, 4.69) is 20.2 Å². The quantitative estimate of drug-likeness (QED) is 0.387. The number of aromatic nitrogens is 2. The van der Waals surface area contributed by atoms with Crippen molar-refractivity contribution in [2.24, 2.45) is 10.2 Å². The fourth-order valence-electron chi connectivity index (χ4n) is 2.24. The maximum Gasteiger partial charge on any atom is 1.00 e. The summed E-state index contributed by atoms with van der Waals surface area (Å²) in [5.74, 6) is 0.620. The Hall–Kier alpha value is -1.01. The Morgan fingerprint density at radius 3 is 2.25 bits per heavy atom. The number of anilines is 2. The first-order valence-corrected chi connectivity index (χ1v) is 10.0. The minimum atomic E-state index is -4.75. The monoisotopic (exact) mass is 454 g/mol. The van der Waals surface area contributed by atoms with Gasteiger partial charge in [-0.25, -0.2) is 13.4 Å². The molecule has 0 unspecified atom stereocenters. The third-order valence-corrected chi connectivity index (χ3v) is 5.25. The van der Waals surface area contributed by atoms with Crippen LogP contribution in [0.2, 0.25) is 10.0 Å². The minimum absolute atomic E-state index is 0. The van der Waals surface area contributed by atoms with Gasteiger partial charge >= 0.3 is 29.6 Å². The zero-order valence-corrected chi connectivity index (χ0v) is 20.1. The summed E-state index contributed by atoms with van der Waals surface area (Å²) in [5, 5.41) is 7.54. The third-order valence-electron chi connectivity index (χ3n) is 3.65. The molecule has 1 aromatic carbocycles. The van der Waals surface area contributed by atoms with Gasteiger partial charge in [-0.3, -0.25) is 0 Å². The summed E-state index contributed by atoms with van der Waals surface area (Å²) in [6.07, 6.45) is 0. The van der Waals surface area contributed by atoms with Crippen molar-refractivity contribution in [1.82, 2.24) is 9.97 Å². The SMILES string of the molecule is CCN(CC)c1nc(C)c(N=Nc2cc(Cl)c(S(=O)(=O)[O-])cc2Cl)c(N)n1.[Na+]. The van der Waals surface area contributed by atoms with Crippen molar-refractivity contribution in [2.45, 2.75) is 25.7 Å². The van der Waals surface area contributed by atoms with E-state index in [1.165, 1.54) is 0 Å². The van der Waals surface area contributed by atoms with Gasteiger partial charge in [0.15, 0.2) is 5.82 Å². The fraction of sp³-hybridized carbons (Fsp3) is 0.333. The number of halogens is 2. The summed E-state index contributed by atoms with van der Waals surface area (Å²) >= 11 is 11.8. The summed E-state index contributed by atoms with van der Waals surface area (Å²) in [5.41, 5.74) is 6.80. The maximum absolute atomic E-state index is 11.1. The van der Waals surface area contributed by atoms with Crippen LogP contribution >= 0.6 is 23.2 Å². The number of nitrogens with two attached hydrogens (primary N) is 1. The molecule has 2 N–H and O–H groups in total. The van der Waals surface area contributed by atoms with Crippen molar-refractivity contribution >= 4 is 56.5 Å². The summed E-state index contributed by atoms with van der Waals surface area (Å²) in [7, 11) is -4.75. The summed E-state index contributed by atoms with van der Waals surface area (Å²) in [4.78, 5) is 9.91. The Morgan fingerprint density at radius 2 is 1.75 bits per heavy atom. The molecule has 2 rings (SSSR count). The number of nitrogens with zero attached hydrogens (tertiary/aromatic N) is 5. The van der Waals surface area contributed by atoms with E-state index in [4.69, 9.17) is 28.9 Å². The first kappa shape index (κ1) is 25.0. The van der Waals surface area contributed by atoms with Crippen LogP contribution in [0, 0.1) is 6.92 Å². The van der Waals surface area contributed by atoms with Gasteiger partial charge in [0, 0.05) is 13.1 Å². The van der Waals surface area contributed by atoms with E-state index in [0.717, 1.165) is 25.2 Å². The van der Waals surface area contributed by atoms with Gasteiger partial charge in [0.05, 0.1) is 20.6 Å². The molecule has 0 fully saturated rings. The molecule has 146 valence electrons. The Kier molecular flexibility index (Phi) is 9.07. The second-order valence-corrected chi connectivity index (χ2v) is 7.57. The Morgan fingerprint density at radius 1 is 1.14 bits per heavy atom. The Bertz CT molecular complexity index is 977. The Labute approximate surface area is 195 Å². The number of aryl methyl sites for hydroxylation is 1. The minimum Gasteiger partial charge on any atom is -0.744 e. The molecule has 0 amide bonds. The summed E-state index contributed by atoms with van der Waals surface area (Å²) < 4.78 is 33.4. The first-order valence-electron chi connectivity index (χ1n) is 7.84. The van der Waals surface area contributed by atoms with Gasteiger partial charge in [-0.15, -0.1) is 10.2 Å². The molecule has 0 bridgehead atoms. The van der Waals surface area contributed by atoms with Crippen molar-refractivity contribution in [1.29, 1.82) is 0 Å². The number of nitrogen functional groups attached to an aromatic ring is 1. The van der Waals surface area contributed by atoms with E-state index < -0.39 is 15.0 Å². The Balaban J connectivity index is 0.00000392. The van der Waals surface area contributed by atoms with Crippen LogP contribution in [-0.2, 0) is 10.1 Å². The molecule has 0 aliphatic carbocycles. The number of rotatable bonds is 6. The number of hydrogen-bond donors (Lipinski definition) is 1. The molecule has 28 heavy (non-hydrogen) atoms. The van der Waals surface area contributed by atoms with Crippen LogP contribution in [0.4, 0.5) is 23.1 Å². The molecule has 0 radical (unpaired) electrons. The van der Waals surface area contributed by atoms with Gasteiger partial charge in [-0.05, 0) is 32.9 Å². The molecule has 2 aromatic rings. The summed E-state index contributed by atoms with van der Waals surface area (Å²) in [6.45, 7) is 7.10. The maximum atomic E-state index is 11.1. The second kappa shape index (κ2) is 10.1. The largest absolute Gasteiger partial charge is 1.00 e. The van der Waals surface area contributed by atoms with E-state index in [0.29, 0.717) is 11.6 Å². The average molecular weight is 455 g/mol. The normalized spacial score (nSPS) is 11.5. The molecular formula is C15H17Cl2N6NaO3S.